The summed E-state index contributed by atoms with van der Waals surface area (Å²) in [4.78, 5) is 10.6. The van der Waals surface area contributed by atoms with Gasteiger partial charge in [-0.2, -0.15) is 8.42 Å². The molecule has 19 heavy (non-hydrogen) atoms. The highest BCUT2D eigenvalue weighted by molar-refractivity contribution is 7.86. The monoisotopic (exact) mass is 304 g/mol. The van der Waals surface area contributed by atoms with Gasteiger partial charge in [0.1, 0.15) is 0 Å². The van der Waals surface area contributed by atoms with E-state index in [0.29, 0.717) is 25.7 Å². The van der Waals surface area contributed by atoms with Crippen LogP contribution in [-0.4, -0.2) is 20.3 Å². The van der Waals surface area contributed by atoms with E-state index in [4.69, 9.17) is 15.8 Å². The van der Waals surface area contributed by atoms with E-state index in [2.05, 4.69) is 0 Å². The molecule has 0 aromatic heterocycles. The van der Waals surface area contributed by atoms with E-state index in [1.807, 2.05) is 6.92 Å². The quantitative estimate of drug-likeness (QED) is 0.421. The first-order chi connectivity index (χ1) is 8.92. The molecule has 0 aliphatic carbocycles. The van der Waals surface area contributed by atoms with Crippen molar-refractivity contribution in [3.05, 3.63) is 29.8 Å². The van der Waals surface area contributed by atoms with Gasteiger partial charge in [0, 0.05) is 6.42 Å². The van der Waals surface area contributed by atoms with Gasteiger partial charge in [0.05, 0.1) is 11.5 Å². The van der Waals surface area contributed by atoms with Gasteiger partial charge in [-0.05, 0) is 43.5 Å². The summed E-state index contributed by atoms with van der Waals surface area (Å²) in [5.74, 6) is 0. The highest BCUT2D eigenvalue weighted by atomic mass is 35.5. The number of halogens is 1. The van der Waals surface area contributed by atoms with Crippen LogP contribution in [0.3, 0.4) is 0 Å². The van der Waals surface area contributed by atoms with E-state index < -0.39 is 10.1 Å². The summed E-state index contributed by atoms with van der Waals surface area (Å²) >= 11 is 5.19. The van der Waals surface area contributed by atoms with Gasteiger partial charge in [-0.1, -0.05) is 24.1 Å². The fourth-order valence-electron chi connectivity index (χ4n) is 1.48. The van der Waals surface area contributed by atoms with Crippen molar-refractivity contribution in [3.8, 4) is 0 Å². The first-order valence-corrected chi connectivity index (χ1v) is 7.85. The molecule has 0 atom stereocenters. The summed E-state index contributed by atoms with van der Waals surface area (Å²) in [7, 11) is -3.67. The molecule has 4 nitrogen and oxygen atoms in total. The molecule has 0 heterocycles. The Morgan fingerprint density at radius 2 is 1.79 bits per heavy atom. The molecule has 0 amide bonds. The second kappa shape index (κ2) is 7.62. The van der Waals surface area contributed by atoms with Crippen molar-refractivity contribution in [2.45, 2.75) is 37.5 Å². The Bertz CT molecular complexity index is 508. The van der Waals surface area contributed by atoms with Crippen LogP contribution in [0.1, 0.15) is 31.2 Å². The van der Waals surface area contributed by atoms with Crippen molar-refractivity contribution < 1.29 is 17.4 Å². The lowest BCUT2D eigenvalue weighted by molar-refractivity contribution is -0.111. The molecule has 0 bridgehead atoms. The summed E-state index contributed by atoms with van der Waals surface area (Å²) in [6, 6.07) is 6.50. The van der Waals surface area contributed by atoms with Gasteiger partial charge < -0.3 is 0 Å². The molecule has 0 fully saturated rings. The molecule has 0 N–H and O–H groups in total. The predicted molar refractivity (Wildman–Crippen MR) is 73.6 cm³/mol. The highest BCUT2D eigenvalue weighted by Crippen LogP contribution is 2.14. The summed E-state index contributed by atoms with van der Waals surface area (Å²) in [6.45, 7) is 2.00. The molecular formula is C13H17ClO4S. The summed E-state index contributed by atoms with van der Waals surface area (Å²) < 4.78 is 28.5. The molecule has 0 unspecified atom stereocenters. The fourth-order valence-corrected chi connectivity index (χ4v) is 2.56. The first-order valence-electron chi connectivity index (χ1n) is 6.06. The summed E-state index contributed by atoms with van der Waals surface area (Å²) in [6.07, 6.45) is 2.25. The number of hydrogen-bond donors (Lipinski definition) is 0. The molecule has 0 aliphatic heterocycles. The minimum atomic E-state index is -3.67. The Hall–Kier alpha value is -0.910. The van der Waals surface area contributed by atoms with E-state index in [1.165, 1.54) is 12.1 Å². The number of carbonyl (C=O) groups excluding carboxylic acids is 1. The van der Waals surface area contributed by atoms with Crippen molar-refractivity contribution in [3.63, 3.8) is 0 Å². The van der Waals surface area contributed by atoms with Crippen LogP contribution in [0.2, 0.25) is 0 Å². The average Bonchev–Trinajstić information content (AvgIpc) is 2.34. The molecular weight excluding hydrogens is 288 g/mol. The standard InChI is InChI=1S/C13H17ClO4S/c1-11-6-8-12(9-7-11)19(16,17)18-10-4-2-3-5-13(14)15/h6-9H,2-5,10H2,1H3. The lowest BCUT2D eigenvalue weighted by atomic mass is 10.2. The van der Waals surface area contributed by atoms with Crippen LogP contribution in [0.5, 0.6) is 0 Å². The molecule has 0 saturated heterocycles. The zero-order valence-corrected chi connectivity index (χ0v) is 12.3. The zero-order chi connectivity index (χ0) is 14.3. The molecule has 0 aliphatic rings. The normalized spacial score (nSPS) is 11.5. The van der Waals surface area contributed by atoms with E-state index >= 15 is 0 Å². The van der Waals surface area contributed by atoms with Gasteiger partial charge >= 0.3 is 0 Å². The van der Waals surface area contributed by atoms with Crippen LogP contribution in [0.25, 0.3) is 0 Å². The number of unbranched alkanes of at least 4 members (excludes halogenated alkanes) is 2. The lowest BCUT2D eigenvalue weighted by Crippen LogP contribution is -2.07. The molecule has 0 radical (unpaired) electrons. The number of rotatable bonds is 8. The van der Waals surface area contributed by atoms with Gasteiger partial charge in [0.2, 0.25) is 5.24 Å². The summed E-state index contributed by atoms with van der Waals surface area (Å²) in [5.41, 5.74) is 0.990. The maximum absolute atomic E-state index is 11.8. The van der Waals surface area contributed by atoms with E-state index in [9.17, 15) is 13.2 Å². The molecule has 106 valence electrons. The number of hydrogen-bond acceptors (Lipinski definition) is 4. The summed E-state index contributed by atoms with van der Waals surface area (Å²) in [5, 5.41) is -0.367. The van der Waals surface area contributed by atoms with E-state index in [-0.39, 0.29) is 16.7 Å². The van der Waals surface area contributed by atoms with Crippen LogP contribution in [0, 0.1) is 6.92 Å². The Morgan fingerprint density at radius 1 is 1.16 bits per heavy atom. The first kappa shape index (κ1) is 16.1. The van der Waals surface area contributed by atoms with Crippen molar-refractivity contribution in [2.75, 3.05) is 6.61 Å². The molecule has 0 spiro atoms. The largest absolute Gasteiger partial charge is 0.296 e. The minimum Gasteiger partial charge on any atom is -0.281 e. The SMILES string of the molecule is Cc1ccc(S(=O)(=O)OCCCCCC(=O)Cl)cc1. The third-order valence-corrected chi connectivity index (χ3v) is 4.08. The van der Waals surface area contributed by atoms with Crippen molar-refractivity contribution in [1.29, 1.82) is 0 Å². The smallest absolute Gasteiger partial charge is 0.281 e. The van der Waals surface area contributed by atoms with E-state index in [1.54, 1.807) is 12.1 Å². The zero-order valence-electron chi connectivity index (χ0n) is 10.8. The van der Waals surface area contributed by atoms with Gasteiger partial charge in [-0.3, -0.25) is 8.98 Å². The van der Waals surface area contributed by atoms with Crippen LogP contribution in [0.15, 0.2) is 29.2 Å². The number of carbonyl (C=O) groups is 1. The molecule has 0 saturated carbocycles. The van der Waals surface area contributed by atoms with Gasteiger partial charge in [-0.15, -0.1) is 0 Å². The third-order valence-electron chi connectivity index (χ3n) is 2.57. The number of benzene rings is 1. The second-order valence-corrected chi connectivity index (χ2v) is 6.29. The highest BCUT2D eigenvalue weighted by Gasteiger charge is 2.14. The maximum atomic E-state index is 11.8. The Kier molecular flexibility index (Phi) is 6.48. The van der Waals surface area contributed by atoms with Crippen LogP contribution < -0.4 is 0 Å². The van der Waals surface area contributed by atoms with Crippen molar-refractivity contribution in [1.82, 2.24) is 0 Å². The molecule has 1 aromatic carbocycles. The van der Waals surface area contributed by atoms with Crippen molar-refractivity contribution >= 4 is 27.0 Å². The molecule has 6 heteroatoms. The predicted octanol–water partition coefficient (Wildman–Crippen LogP) is 3.03. The van der Waals surface area contributed by atoms with Gasteiger partial charge in [0.25, 0.3) is 10.1 Å². The Morgan fingerprint density at radius 3 is 2.37 bits per heavy atom. The number of aryl methyl sites for hydroxylation is 1. The molecule has 1 rings (SSSR count). The van der Waals surface area contributed by atoms with Gasteiger partial charge in [-0.25, -0.2) is 0 Å². The lowest BCUT2D eigenvalue weighted by Gasteiger charge is -2.05. The maximum Gasteiger partial charge on any atom is 0.296 e. The third kappa shape index (κ3) is 6.18. The average molecular weight is 305 g/mol. The fraction of sp³-hybridized carbons (Fsp3) is 0.462. The molecule has 1 aromatic rings. The van der Waals surface area contributed by atoms with E-state index in [0.717, 1.165) is 5.56 Å². The van der Waals surface area contributed by atoms with Crippen molar-refractivity contribution in [2.24, 2.45) is 0 Å². The van der Waals surface area contributed by atoms with Crippen LogP contribution in [0.4, 0.5) is 0 Å². The second-order valence-electron chi connectivity index (χ2n) is 4.25. The Balaban J connectivity index is 2.35. The Labute approximate surface area is 118 Å². The minimum absolute atomic E-state index is 0.118. The topological polar surface area (TPSA) is 60.4 Å². The van der Waals surface area contributed by atoms with Crippen LogP contribution >= 0.6 is 11.6 Å². The van der Waals surface area contributed by atoms with Gasteiger partial charge in [0.15, 0.2) is 0 Å². The van der Waals surface area contributed by atoms with Crippen LogP contribution in [-0.2, 0) is 19.1 Å².